The lowest BCUT2D eigenvalue weighted by atomic mass is 10.0. The first-order chi connectivity index (χ1) is 11.7. The van der Waals surface area contributed by atoms with Crippen molar-refractivity contribution in [1.82, 2.24) is 15.2 Å². The molecule has 0 saturated carbocycles. The van der Waals surface area contributed by atoms with Gasteiger partial charge in [-0.2, -0.15) is 0 Å². The zero-order chi connectivity index (χ0) is 16.9. The van der Waals surface area contributed by atoms with Crippen molar-refractivity contribution in [2.24, 2.45) is 0 Å². The molecule has 0 amide bonds. The SMILES string of the molecule is CCCCC(C(=O)O)N1CCNCC1c1ccc2ccccc2n1. The molecule has 2 N–H and O–H groups in total. The number of nitrogens with zero attached hydrogens (tertiary/aromatic N) is 2. The van der Waals surface area contributed by atoms with Gasteiger partial charge in [-0.15, -0.1) is 0 Å². The van der Waals surface area contributed by atoms with E-state index in [0.717, 1.165) is 49.1 Å². The summed E-state index contributed by atoms with van der Waals surface area (Å²) >= 11 is 0. The Morgan fingerprint density at radius 2 is 2.21 bits per heavy atom. The van der Waals surface area contributed by atoms with E-state index in [-0.39, 0.29) is 6.04 Å². The van der Waals surface area contributed by atoms with Crippen molar-refractivity contribution in [2.45, 2.75) is 38.3 Å². The van der Waals surface area contributed by atoms with Gasteiger partial charge in [-0.3, -0.25) is 14.7 Å². The Morgan fingerprint density at radius 3 is 3.00 bits per heavy atom. The maximum atomic E-state index is 11.8. The van der Waals surface area contributed by atoms with Crippen molar-refractivity contribution in [2.75, 3.05) is 19.6 Å². The fourth-order valence-corrected chi connectivity index (χ4v) is 3.46. The number of carboxylic acid groups (broad SMARTS) is 1. The molecule has 1 aliphatic rings. The van der Waals surface area contributed by atoms with Gasteiger partial charge < -0.3 is 10.4 Å². The Kier molecular flexibility index (Phi) is 5.43. The van der Waals surface area contributed by atoms with Crippen molar-refractivity contribution in [3.8, 4) is 0 Å². The number of nitrogens with one attached hydrogen (secondary N) is 1. The van der Waals surface area contributed by atoms with Crippen LogP contribution in [-0.2, 0) is 4.79 Å². The van der Waals surface area contributed by atoms with E-state index in [1.54, 1.807) is 0 Å². The number of hydrogen-bond donors (Lipinski definition) is 2. The van der Waals surface area contributed by atoms with Gasteiger partial charge in [0.15, 0.2) is 0 Å². The zero-order valence-corrected chi connectivity index (χ0v) is 14.1. The van der Waals surface area contributed by atoms with Gasteiger partial charge in [0.25, 0.3) is 0 Å². The second kappa shape index (κ2) is 7.73. The monoisotopic (exact) mass is 327 g/mol. The number of rotatable bonds is 6. The van der Waals surface area contributed by atoms with Crippen molar-refractivity contribution in [1.29, 1.82) is 0 Å². The molecule has 0 aliphatic carbocycles. The zero-order valence-electron chi connectivity index (χ0n) is 14.1. The van der Waals surface area contributed by atoms with E-state index in [0.29, 0.717) is 6.42 Å². The summed E-state index contributed by atoms with van der Waals surface area (Å²) in [6, 6.07) is 11.7. The molecule has 1 saturated heterocycles. The van der Waals surface area contributed by atoms with E-state index in [4.69, 9.17) is 4.98 Å². The molecule has 5 heteroatoms. The number of aromatic nitrogens is 1. The summed E-state index contributed by atoms with van der Waals surface area (Å²) in [7, 11) is 0. The molecule has 24 heavy (non-hydrogen) atoms. The molecule has 0 radical (unpaired) electrons. The fourth-order valence-electron chi connectivity index (χ4n) is 3.46. The molecule has 3 rings (SSSR count). The minimum Gasteiger partial charge on any atom is -0.480 e. The molecule has 1 aliphatic heterocycles. The second-order valence-electron chi connectivity index (χ2n) is 6.38. The van der Waals surface area contributed by atoms with Gasteiger partial charge in [-0.1, -0.05) is 44.0 Å². The number of hydrogen-bond acceptors (Lipinski definition) is 4. The predicted molar refractivity (Wildman–Crippen MR) is 95.0 cm³/mol. The fraction of sp³-hybridized carbons (Fsp3) is 0.474. The van der Waals surface area contributed by atoms with E-state index in [1.807, 2.05) is 30.3 Å². The van der Waals surface area contributed by atoms with Crippen LogP contribution in [0.3, 0.4) is 0 Å². The summed E-state index contributed by atoms with van der Waals surface area (Å²) in [5, 5.41) is 14.2. The molecule has 2 atom stereocenters. The van der Waals surface area contributed by atoms with Crippen LogP contribution in [0.2, 0.25) is 0 Å². The van der Waals surface area contributed by atoms with Crippen molar-refractivity contribution >= 4 is 16.9 Å². The maximum absolute atomic E-state index is 11.8. The molecule has 128 valence electrons. The van der Waals surface area contributed by atoms with Crippen LogP contribution in [-0.4, -0.2) is 46.6 Å². The summed E-state index contributed by atoms with van der Waals surface area (Å²) in [5.41, 5.74) is 1.91. The Hall–Kier alpha value is -1.98. The molecule has 1 aromatic carbocycles. The summed E-state index contributed by atoms with van der Waals surface area (Å²) < 4.78 is 0. The van der Waals surface area contributed by atoms with Crippen molar-refractivity contribution in [3.05, 3.63) is 42.1 Å². The number of pyridine rings is 1. The van der Waals surface area contributed by atoms with E-state index in [2.05, 4.69) is 23.2 Å². The lowest BCUT2D eigenvalue weighted by molar-refractivity contribution is -0.145. The van der Waals surface area contributed by atoms with Crippen LogP contribution in [0.1, 0.15) is 37.9 Å². The maximum Gasteiger partial charge on any atom is 0.320 e. The number of carbonyl (C=O) groups is 1. The van der Waals surface area contributed by atoms with Crippen molar-refractivity contribution in [3.63, 3.8) is 0 Å². The third-order valence-corrected chi connectivity index (χ3v) is 4.76. The first kappa shape index (κ1) is 16.9. The Morgan fingerprint density at radius 1 is 1.38 bits per heavy atom. The lowest BCUT2D eigenvalue weighted by Gasteiger charge is -2.39. The Balaban J connectivity index is 1.90. The second-order valence-corrected chi connectivity index (χ2v) is 6.38. The lowest BCUT2D eigenvalue weighted by Crippen LogP contribution is -2.53. The van der Waals surface area contributed by atoms with Gasteiger partial charge in [-0.25, -0.2) is 0 Å². The van der Waals surface area contributed by atoms with E-state index < -0.39 is 12.0 Å². The van der Waals surface area contributed by atoms with Gasteiger partial charge in [-0.05, 0) is 18.6 Å². The molecule has 0 spiro atoms. The highest BCUT2D eigenvalue weighted by molar-refractivity contribution is 5.78. The predicted octanol–water partition coefficient (Wildman–Crippen LogP) is 2.82. The van der Waals surface area contributed by atoms with Crippen LogP contribution >= 0.6 is 0 Å². The summed E-state index contributed by atoms with van der Waals surface area (Å²) in [6.07, 6.45) is 2.63. The number of unbranched alkanes of at least 4 members (excludes halogenated alkanes) is 1. The molecule has 1 aromatic heterocycles. The normalized spacial score (nSPS) is 20.1. The number of aliphatic carboxylic acids is 1. The minimum atomic E-state index is -0.726. The average Bonchev–Trinajstić information content (AvgIpc) is 2.62. The smallest absolute Gasteiger partial charge is 0.320 e. The van der Waals surface area contributed by atoms with Crippen LogP contribution in [0.5, 0.6) is 0 Å². The quantitative estimate of drug-likeness (QED) is 0.854. The highest BCUT2D eigenvalue weighted by Crippen LogP contribution is 2.27. The van der Waals surface area contributed by atoms with E-state index in [9.17, 15) is 9.90 Å². The number of benzene rings is 1. The average molecular weight is 327 g/mol. The molecular weight excluding hydrogens is 302 g/mol. The first-order valence-corrected chi connectivity index (χ1v) is 8.75. The van der Waals surface area contributed by atoms with Gasteiger partial charge in [0.05, 0.1) is 17.3 Å². The van der Waals surface area contributed by atoms with Crippen LogP contribution in [0.15, 0.2) is 36.4 Å². The molecule has 2 aromatic rings. The summed E-state index contributed by atoms with van der Waals surface area (Å²) in [6.45, 7) is 4.39. The largest absolute Gasteiger partial charge is 0.480 e. The number of carboxylic acids is 1. The number of fused-ring (bicyclic) bond motifs is 1. The summed E-state index contributed by atoms with van der Waals surface area (Å²) in [5.74, 6) is -0.726. The number of piperazine rings is 1. The van der Waals surface area contributed by atoms with E-state index >= 15 is 0 Å². The van der Waals surface area contributed by atoms with Gasteiger partial charge >= 0.3 is 5.97 Å². The van der Waals surface area contributed by atoms with Gasteiger partial charge in [0.1, 0.15) is 6.04 Å². The third kappa shape index (κ3) is 3.57. The minimum absolute atomic E-state index is 0.00122. The Labute approximate surface area is 142 Å². The topological polar surface area (TPSA) is 65.5 Å². The highest BCUT2D eigenvalue weighted by atomic mass is 16.4. The van der Waals surface area contributed by atoms with Crippen LogP contribution < -0.4 is 5.32 Å². The van der Waals surface area contributed by atoms with Crippen LogP contribution in [0.4, 0.5) is 0 Å². The summed E-state index contributed by atoms with van der Waals surface area (Å²) in [4.78, 5) is 18.7. The molecule has 2 heterocycles. The van der Waals surface area contributed by atoms with Crippen LogP contribution in [0.25, 0.3) is 10.9 Å². The van der Waals surface area contributed by atoms with E-state index in [1.165, 1.54) is 0 Å². The molecule has 0 bridgehead atoms. The first-order valence-electron chi connectivity index (χ1n) is 8.75. The third-order valence-electron chi connectivity index (χ3n) is 4.76. The van der Waals surface area contributed by atoms with Gasteiger partial charge in [0.2, 0.25) is 0 Å². The van der Waals surface area contributed by atoms with Crippen molar-refractivity contribution < 1.29 is 9.90 Å². The Bertz CT molecular complexity index is 704. The van der Waals surface area contributed by atoms with Crippen LogP contribution in [0, 0.1) is 0 Å². The highest BCUT2D eigenvalue weighted by Gasteiger charge is 2.34. The molecule has 2 unspecified atom stereocenters. The molecule has 1 fully saturated rings. The molecule has 5 nitrogen and oxygen atoms in total. The molecular formula is C19H25N3O2. The standard InChI is InChI=1S/C19H25N3O2/c1-2-3-8-17(19(23)24)22-12-11-20-13-18(22)16-10-9-14-6-4-5-7-15(14)21-16/h4-7,9-10,17-18,20H,2-3,8,11-13H2,1H3,(H,23,24). The number of para-hydroxylation sites is 1. The van der Waals surface area contributed by atoms with Gasteiger partial charge in [0, 0.05) is 25.0 Å².